The molecule has 1 heterocycles. The summed E-state index contributed by atoms with van der Waals surface area (Å²) in [6.45, 7) is 12.6. The van der Waals surface area contributed by atoms with Crippen LogP contribution in [-0.2, 0) is 16.0 Å². The molecule has 1 aromatic carbocycles. The summed E-state index contributed by atoms with van der Waals surface area (Å²) in [6.07, 6.45) is 5.87. The Kier molecular flexibility index (Phi) is 10.1. The smallest absolute Gasteiger partial charge is 0.336 e. The van der Waals surface area contributed by atoms with Crippen LogP contribution in [0.15, 0.2) is 38.6 Å². The molecule has 0 aliphatic carbocycles. The number of phenols is 2. The number of carbonyl (C=O) groups is 2. The van der Waals surface area contributed by atoms with Gasteiger partial charge in [0.2, 0.25) is 0 Å². The number of hydrogen-bond donors (Lipinski definition) is 2. The summed E-state index contributed by atoms with van der Waals surface area (Å²) < 4.78 is 10.8. The minimum absolute atomic E-state index is 0.0951. The highest BCUT2D eigenvalue weighted by Gasteiger charge is 2.31. The Morgan fingerprint density at radius 1 is 1.06 bits per heavy atom. The Balaban J connectivity index is 2.84. The van der Waals surface area contributed by atoms with Gasteiger partial charge in [-0.15, -0.1) is 0 Å². The molecule has 7 heteroatoms. The number of fused-ring (bicyclic) bond motifs is 1. The largest absolute Gasteiger partial charge is 0.507 e. The van der Waals surface area contributed by atoms with Gasteiger partial charge in [-0.1, -0.05) is 44.1 Å². The molecule has 0 amide bonds. The fourth-order valence-electron chi connectivity index (χ4n) is 4.09. The van der Waals surface area contributed by atoms with Crippen LogP contribution in [0, 0.1) is 5.92 Å². The number of ketones is 1. The van der Waals surface area contributed by atoms with E-state index in [4.69, 9.17) is 9.15 Å². The van der Waals surface area contributed by atoms with E-state index in [1.807, 2.05) is 33.8 Å². The lowest BCUT2D eigenvalue weighted by atomic mass is 9.89. The first-order valence-electron chi connectivity index (χ1n) is 12.5. The van der Waals surface area contributed by atoms with Crippen molar-refractivity contribution in [2.24, 2.45) is 5.92 Å². The summed E-state index contributed by atoms with van der Waals surface area (Å²) in [7, 11) is 0. The third kappa shape index (κ3) is 6.65. The summed E-state index contributed by atoms with van der Waals surface area (Å²) in [5.41, 5.74) is 1.57. The van der Waals surface area contributed by atoms with Crippen LogP contribution in [-0.4, -0.2) is 22.0 Å². The van der Waals surface area contributed by atoms with Crippen LogP contribution in [0.3, 0.4) is 0 Å². The number of benzene rings is 1. The molecule has 0 saturated heterocycles. The molecule has 2 rings (SSSR count). The molecule has 1 aromatic heterocycles. The molecule has 2 atom stereocenters. The van der Waals surface area contributed by atoms with Gasteiger partial charge in [-0.25, -0.2) is 4.79 Å². The summed E-state index contributed by atoms with van der Waals surface area (Å²) in [5, 5.41) is 22.6. The van der Waals surface area contributed by atoms with Crippen LogP contribution in [0.5, 0.6) is 11.5 Å². The van der Waals surface area contributed by atoms with E-state index in [9.17, 15) is 24.6 Å². The highest BCUT2D eigenvalue weighted by Crippen LogP contribution is 2.44. The maximum absolute atomic E-state index is 13.3. The molecule has 2 N–H and O–H groups in total. The maximum atomic E-state index is 13.3. The van der Waals surface area contributed by atoms with E-state index >= 15 is 0 Å². The van der Waals surface area contributed by atoms with Crippen molar-refractivity contribution in [3.05, 3.63) is 56.5 Å². The normalized spacial score (nSPS) is 13.4. The molecular weight excluding hydrogens is 460 g/mol. The molecule has 0 radical (unpaired) electrons. The second-order valence-corrected chi connectivity index (χ2v) is 9.53. The molecular formula is C29H38O7. The molecule has 0 fully saturated rings. The minimum atomic E-state index is -0.842. The predicted octanol–water partition coefficient (Wildman–Crippen LogP) is 6.68. The quantitative estimate of drug-likeness (QED) is 0.154. The molecule has 36 heavy (non-hydrogen) atoms. The lowest BCUT2D eigenvalue weighted by molar-refractivity contribution is -0.146. The predicted molar refractivity (Wildman–Crippen MR) is 141 cm³/mol. The number of esters is 1. The molecule has 0 bridgehead atoms. The van der Waals surface area contributed by atoms with Gasteiger partial charge in [-0.05, 0) is 52.9 Å². The van der Waals surface area contributed by atoms with Gasteiger partial charge >= 0.3 is 11.6 Å². The number of aromatic hydroxyl groups is 2. The molecule has 0 spiro atoms. The average Bonchev–Trinajstić information content (AvgIpc) is 2.80. The van der Waals surface area contributed by atoms with Crippen LogP contribution in [0.4, 0.5) is 0 Å². The monoisotopic (exact) mass is 498 g/mol. The van der Waals surface area contributed by atoms with E-state index in [0.717, 1.165) is 24.5 Å². The zero-order valence-electron chi connectivity index (χ0n) is 22.4. The standard InChI is InChI=1S/C29H38O7/c1-8-18(6)26(32)25-28(34)20(14-13-17(5)12-10-11-16(3)4)27(33)24-21(15-23(31)36-29(24)25)22(9-2)35-19(7)30/h11,13,15,18,22,33-34H,8-10,12,14H2,1-7H3/b17-13+/t18-,22+/m0/s1. The van der Waals surface area contributed by atoms with Crippen molar-refractivity contribution in [2.45, 2.75) is 86.7 Å². The fourth-order valence-corrected chi connectivity index (χ4v) is 4.09. The van der Waals surface area contributed by atoms with Gasteiger partial charge in [0.15, 0.2) is 11.4 Å². The lowest BCUT2D eigenvalue weighted by Crippen LogP contribution is -2.16. The molecule has 0 unspecified atom stereocenters. The SMILES string of the molecule is CC[C@H](C)C(=O)c1c(O)c(C/C=C(\C)CCC=C(C)C)c(O)c2c([C@@H](CC)OC(C)=O)cc(=O)oc12. The number of rotatable bonds is 11. The molecule has 196 valence electrons. The Morgan fingerprint density at radius 2 is 1.72 bits per heavy atom. The highest BCUT2D eigenvalue weighted by molar-refractivity contribution is 6.12. The zero-order chi connectivity index (χ0) is 27.2. The van der Waals surface area contributed by atoms with E-state index in [0.29, 0.717) is 12.8 Å². The maximum Gasteiger partial charge on any atom is 0.336 e. The minimum Gasteiger partial charge on any atom is -0.507 e. The van der Waals surface area contributed by atoms with Gasteiger partial charge in [0.05, 0.1) is 5.39 Å². The van der Waals surface area contributed by atoms with E-state index in [1.54, 1.807) is 13.8 Å². The molecule has 0 aliphatic heterocycles. The lowest BCUT2D eigenvalue weighted by Gasteiger charge is -2.21. The third-order valence-electron chi connectivity index (χ3n) is 6.34. The summed E-state index contributed by atoms with van der Waals surface area (Å²) in [4.78, 5) is 37.6. The Morgan fingerprint density at radius 3 is 2.28 bits per heavy atom. The Hall–Kier alpha value is -3.35. The Bertz CT molecular complexity index is 1240. The Labute approximate surface area is 212 Å². The number of carbonyl (C=O) groups excluding carboxylic acids is 2. The number of allylic oxidation sites excluding steroid dienone is 4. The average molecular weight is 499 g/mol. The van der Waals surface area contributed by atoms with Crippen molar-refractivity contribution in [3.63, 3.8) is 0 Å². The van der Waals surface area contributed by atoms with Crippen molar-refractivity contribution in [1.29, 1.82) is 0 Å². The number of ether oxygens (including phenoxy) is 1. The van der Waals surface area contributed by atoms with Crippen LogP contribution < -0.4 is 5.63 Å². The van der Waals surface area contributed by atoms with Gasteiger partial charge in [-0.3, -0.25) is 9.59 Å². The second-order valence-electron chi connectivity index (χ2n) is 9.53. The van der Waals surface area contributed by atoms with Gasteiger partial charge in [-0.2, -0.15) is 0 Å². The van der Waals surface area contributed by atoms with E-state index < -0.39 is 35.1 Å². The number of hydrogen-bond acceptors (Lipinski definition) is 7. The first-order valence-corrected chi connectivity index (χ1v) is 12.5. The first-order chi connectivity index (χ1) is 16.9. The summed E-state index contributed by atoms with van der Waals surface area (Å²) in [5.74, 6) is -2.11. The molecule has 0 aliphatic rings. The van der Waals surface area contributed by atoms with Crippen molar-refractivity contribution < 1.29 is 29.0 Å². The van der Waals surface area contributed by atoms with E-state index in [2.05, 4.69) is 6.08 Å². The van der Waals surface area contributed by atoms with Crippen molar-refractivity contribution in [2.75, 3.05) is 0 Å². The van der Waals surface area contributed by atoms with Gasteiger partial charge in [0.1, 0.15) is 23.2 Å². The van der Waals surface area contributed by atoms with E-state index in [1.165, 1.54) is 12.5 Å². The second kappa shape index (κ2) is 12.6. The third-order valence-corrected chi connectivity index (χ3v) is 6.34. The zero-order valence-corrected chi connectivity index (χ0v) is 22.4. The van der Waals surface area contributed by atoms with Crippen LogP contribution in [0.25, 0.3) is 11.0 Å². The highest BCUT2D eigenvalue weighted by atomic mass is 16.5. The first kappa shape index (κ1) is 28.9. The van der Waals surface area contributed by atoms with Gasteiger partial charge in [0, 0.05) is 30.0 Å². The van der Waals surface area contributed by atoms with Crippen molar-refractivity contribution in [1.82, 2.24) is 0 Å². The molecule has 0 saturated carbocycles. The van der Waals surface area contributed by atoms with E-state index in [-0.39, 0.29) is 39.8 Å². The van der Waals surface area contributed by atoms with Crippen LogP contribution >= 0.6 is 0 Å². The van der Waals surface area contributed by atoms with Crippen LogP contribution in [0.1, 0.15) is 102 Å². The van der Waals surface area contributed by atoms with Gasteiger partial charge < -0.3 is 19.4 Å². The molecule has 7 nitrogen and oxygen atoms in total. The summed E-state index contributed by atoms with van der Waals surface area (Å²) >= 11 is 0. The fraction of sp³-hybridized carbons (Fsp3) is 0.483. The number of phenolic OH excluding ortho intramolecular Hbond substituents is 2. The number of Topliss-reactive ketones (excluding diaryl/α,β-unsaturated/α-hetero) is 1. The van der Waals surface area contributed by atoms with Gasteiger partial charge in [0.25, 0.3) is 0 Å². The topological polar surface area (TPSA) is 114 Å². The van der Waals surface area contributed by atoms with Crippen molar-refractivity contribution in [3.8, 4) is 11.5 Å². The van der Waals surface area contributed by atoms with Crippen LogP contribution in [0.2, 0.25) is 0 Å². The molecule has 2 aromatic rings. The summed E-state index contributed by atoms with van der Waals surface area (Å²) in [6, 6.07) is 1.16. The van der Waals surface area contributed by atoms with Crippen molar-refractivity contribution >= 4 is 22.7 Å².